The SMILES string of the molecule is CCOc1nc(NCC2CCCCC2O)ccc1N. The van der Waals surface area contributed by atoms with Gasteiger partial charge >= 0.3 is 0 Å². The summed E-state index contributed by atoms with van der Waals surface area (Å²) in [5, 5.41) is 13.2. The first-order valence-corrected chi connectivity index (χ1v) is 7.02. The van der Waals surface area contributed by atoms with Crippen LogP contribution < -0.4 is 15.8 Å². The van der Waals surface area contributed by atoms with E-state index < -0.39 is 0 Å². The average Bonchev–Trinajstić information content (AvgIpc) is 2.41. The molecule has 5 nitrogen and oxygen atoms in total. The summed E-state index contributed by atoms with van der Waals surface area (Å²) in [5.41, 5.74) is 6.33. The molecule has 2 unspecified atom stereocenters. The maximum atomic E-state index is 9.92. The second-order valence-electron chi connectivity index (χ2n) is 5.02. The molecule has 19 heavy (non-hydrogen) atoms. The van der Waals surface area contributed by atoms with Crippen molar-refractivity contribution in [2.24, 2.45) is 5.92 Å². The van der Waals surface area contributed by atoms with Crippen molar-refractivity contribution >= 4 is 11.5 Å². The van der Waals surface area contributed by atoms with Gasteiger partial charge in [-0.3, -0.25) is 0 Å². The monoisotopic (exact) mass is 265 g/mol. The molecule has 0 saturated heterocycles. The predicted molar refractivity (Wildman–Crippen MR) is 76.3 cm³/mol. The second kappa shape index (κ2) is 6.61. The normalized spacial score (nSPS) is 23.1. The van der Waals surface area contributed by atoms with E-state index in [1.54, 1.807) is 6.07 Å². The number of nitrogens with two attached hydrogens (primary N) is 1. The molecule has 2 atom stereocenters. The van der Waals surface area contributed by atoms with Gasteiger partial charge in [0.2, 0.25) is 5.88 Å². The van der Waals surface area contributed by atoms with Crippen LogP contribution >= 0.6 is 0 Å². The molecule has 0 bridgehead atoms. The zero-order valence-electron chi connectivity index (χ0n) is 11.4. The van der Waals surface area contributed by atoms with Crippen molar-refractivity contribution in [2.45, 2.75) is 38.7 Å². The molecule has 2 rings (SSSR count). The quantitative estimate of drug-likeness (QED) is 0.759. The molecule has 1 heterocycles. The van der Waals surface area contributed by atoms with Crippen molar-refractivity contribution in [1.82, 2.24) is 4.98 Å². The summed E-state index contributed by atoms with van der Waals surface area (Å²) in [6, 6.07) is 3.63. The summed E-state index contributed by atoms with van der Waals surface area (Å²) in [6.45, 7) is 3.19. The highest BCUT2D eigenvalue weighted by Gasteiger charge is 2.22. The van der Waals surface area contributed by atoms with Crippen molar-refractivity contribution in [3.63, 3.8) is 0 Å². The molecule has 1 saturated carbocycles. The zero-order valence-corrected chi connectivity index (χ0v) is 11.4. The minimum Gasteiger partial charge on any atom is -0.476 e. The fraction of sp³-hybridized carbons (Fsp3) is 0.643. The molecule has 0 amide bonds. The van der Waals surface area contributed by atoms with Gasteiger partial charge in [0, 0.05) is 12.5 Å². The summed E-state index contributed by atoms with van der Waals surface area (Å²) in [5.74, 6) is 1.52. The van der Waals surface area contributed by atoms with Gasteiger partial charge < -0.3 is 20.9 Å². The number of nitrogens with zero attached hydrogens (tertiary/aromatic N) is 1. The lowest BCUT2D eigenvalue weighted by Gasteiger charge is -2.27. The molecule has 1 fully saturated rings. The van der Waals surface area contributed by atoms with Gasteiger partial charge in [-0.25, -0.2) is 0 Å². The van der Waals surface area contributed by atoms with Crippen molar-refractivity contribution in [1.29, 1.82) is 0 Å². The lowest BCUT2D eigenvalue weighted by molar-refractivity contribution is 0.0763. The van der Waals surface area contributed by atoms with Crippen LogP contribution in [0.25, 0.3) is 0 Å². The predicted octanol–water partition coefficient (Wildman–Crippen LogP) is 2.03. The molecule has 1 aliphatic carbocycles. The number of aromatic nitrogens is 1. The van der Waals surface area contributed by atoms with E-state index in [4.69, 9.17) is 10.5 Å². The van der Waals surface area contributed by atoms with E-state index in [2.05, 4.69) is 10.3 Å². The van der Waals surface area contributed by atoms with Crippen LogP contribution in [0, 0.1) is 5.92 Å². The minimum absolute atomic E-state index is 0.193. The minimum atomic E-state index is -0.193. The topological polar surface area (TPSA) is 80.4 Å². The number of aliphatic hydroxyl groups is 1. The van der Waals surface area contributed by atoms with Gasteiger partial charge in [0.05, 0.1) is 18.4 Å². The highest BCUT2D eigenvalue weighted by molar-refractivity contribution is 5.53. The Kier molecular flexibility index (Phi) is 4.85. The first kappa shape index (κ1) is 13.9. The third-order valence-electron chi connectivity index (χ3n) is 3.59. The van der Waals surface area contributed by atoms with Crippen molar-refractivity contribution < 1.29 is 9.84 Å². The number of rotatable bonds is 5. The Bertz CT molecular complexity index is 412. The maximum Gasteiger partial charge on any atom is 0.239 e. The van der Waals surface area contributed by atoms with Gasteiger partial charge in [0.15, 0.2) is 0 Å². The molecule has 106 valence electrons. The molecule has 0 aliphatic heterocycles. The number of nitrogens with one attached hydrogen (secondary N) is 1. The maximum absolute atomic E-state index is 9.92. The molecular weight excluding hydrogens is 242 g/mol. The standard InChI is InChI=1S/C14H23N3O2/c1-2-19-14-11(15)7-8-13(17-14)16-9-10-5-3-4-6-12(10)18/h7-8,10,12,18H,2-6,9,15H2,1H3,(H,16,17). The molecule has 1 aromatic rings. The summed E-state index contributed by atoms with van der Waals surface area (Å²) in [4.78, 5) is 4.33. The summed E-state index contributed by atoms with van der Waals surface area (Å²) in [7, 11) is 0. The lowest BCUT2D eigenvalue weighted by atomic mass is 9.86. The van der Waals surface area contributed by atoms with Gasteiger partial charge in [0.1, 0.15) is 5.82 Å². The Morgan fingerprint density at radius 1 is 1.42 bits per heavy atom. The number of aliphatic hydroxyl groups excluding tert-OH is 1. The number of hydrogen-bond acceptors (Lipinski definition) is 5. The van der Waals surface area contributed by atoms with Crippen molar-refractivity contribution in [2.75, 3.05) is 24.2 Å². The van der Waals surface area contributed by atoms with Crippen molar-refractivity contribution in [3.05, 3.63) is 12.1 Å². The van der Waals surface area contributed by atoms with Crippen molar-refractivity contribution in [3.8, 4) is 5.88 Å². The van der Waals surface area contributed by atoms with Crippen LogP contribution in [-0.2, 0) is 0 Å². The molecular formula is C14H23N3O2. The van der Waals surface area contributed by atoms with Gasteiger partial charge in [-0.05, 0) is 31.9 Å². The van der Waals surface area contributed by atoms with Gasteiger partial charge in [-0.1, -0.05) is 12.8 Å². The van der Waals surface area contributed by atoms with E-state index in [1.807, 2.05) is 13.0 Å². The van der Waals surface area contributed by atoms with Crippen LogP contribution in [0.5, 0.6) is 5.88 Å². The summed E-state index contributed by atoms with van der Waals surface area (Å²) >= 11 is 0. The van der Waals surface area contributed by atoms with E-state index in [1.165, 1.54) is 6.42 Å². The number of nitrogen functional groups attached to an aromatic ring is 1. The van der Waals surface area contributed by atoms with E-state index in [0.717, 1.165) is 31.6 Å². The molecule has 0 aromatic carbocycles. The summed E-state index contributed by atoms with van der Waals surface area (Å²) < 4.78 is 5.36. The van der Waals surface area contributed by atoms with Crippen LogP contribution in [0.4, 0.5) is 11.5 Å². The highest BCUT2D eigenvalue weighted by atomic mass is 16.5. The Balaban J connectivity index is 1.93. The van der Waals surface area contributed by atoms with E-state index >= 15 is 0 Å². The fourth-order valence-electron chi connectivity index (χ4n) is 2.46. The third-order valence-corrected chi connectivity index (χ3v) is 3.59. The number of ether oxygens (including phenoxy) is 1. The largest absolute Gasteiger partial charge is 0.476 e. The Morgan fingerprint density at radius 2 is 2.21 bits per heavy atom. The van der Waals surface area contributed by atoms with Crippen LogP contribution in [0.15, 0.2) is 12.1 Å². The molecule has 1 aromatic heterocycles. The molecule has 0 radical (unpaired) electrons. The Hall–Kier alpha value is -1.49. The molecule has 1 aliphatic rings. The van der Waals surface area contributed by atoms with Crippen LogP contribution in [0.1, 0.15) is 32.6 Å². The van der Waals surface area contributed by atoms with Gasteiger partial charge in [0.25, 0.3) is 0 Å². The van der Waals surface area contributed by atoms with Gasteiger partial charge in [-0.2, -0.15) is 4.98 Å². The van der Waals surface area contributed by atoms with Crippen LogP contribution in [0.2, 0.25) is 0 Å². The van der Waals surface area contributed by atoms with Crippen LogP contribution in [0.3, 0.4) is 0 Å². The Labute approximate surface area is 114 Å². The molecule has 5 heteroatoms. The second-order valence-corrected chi connectivity index (χ2v) is 5.02. The van der Waals surface area contributed by atoms with Crippen LogP contribution in [-0.4, -0.2) is 29.3 Å². The molecule has 0 spiro atoms. The fourth-order valence-corrected chi connectivity index (χ4v) is 2.46. The summed E-state index contributed by atoms with van der Waals surface area (Å²) in [6.07, 6.45) is 4.11. The smallest absolute Gasteiger partial charge is 0.239 e. The first-order valence-electron chi connectivity index (χ1n) is 7.02. The van der Waals surface area contributed by atoms with E-state index in [0.29, 0.717) is 24.1 Å². The Morgan fingerprint density at radius 3 is 2.95 bits per heavy atom. The van der Waals surface area contributed by atoms with Gasteiger partial charge in [-0.15, -0.1) is 0 Å². The highest BCUT2D eigenvalue weighted by Crippen LogP contribution is 2.25. The third kappa shape index (κ3) is 3.73. The van der Waals surface area contributed by atoms with E-state index in [-0.39, 0.29) is 6.10 Å². The lowest BCUT2D eigenvalue weighted by Crippen LogP contribution is -2.30. The number of hydrogen-bond donors (Lipinski definition) is 3. The average molecular weight is 265 g/mol. The number of anilines is 2. The first-order chi connectivity index (χ1) is 9.20. The number of pyridine rings is 1. The molecule has 4 N–H and O–H groups in total. The zero-order chi connectivity index (χ0) is 13.7. The van der Waals surface area contributed by atoms with E-state index in [9.17, 15) is 5.11 Å².